The molecule has 1 rings (SSSR count). The standard InChI is InChI=1S/C10H12BrO2/c1-7(5-12)9-2-8(6-13)3-10(11)4-9/h2-4,7,12-13H,1,5-6H2. The van der Waals surface area contributed by atoms with Crippen LogP contribution in [0.2, 0.25) is 0 Å². The van der Waals surface area contributed by atoms with Crippen LogP contribution in [0.3, 0.4) is 0 Å². The minimum atomic E-state index is -0.136. The average Bonchev–Trinajstić information content (AvgIpc) is 2.15. The molecule has 0 saturated carbocycles. The lowest BCUT2D eigenvalue weighted by atomic mass is 10.0. The van der Waals surface area contributed by atoms with Crippen molar-refractivity contribution in [2.24, 2.45) is 0 Å². The first kappa shape index (κ1) is 10.7. The van der Waals surface area contributed by atoms with Crippen molar-refractivity contribution in [2.75, 3.05) is 6.61 Å². The van der Waals surface area contributed by atoms with Crippen LogP contribution in [0, 0.1) is 6.92 Å². The van der Waals surface area contributed by atoms with Crippen LogP contribution >= 0.6 is 15.9 Å². The van der Waals surface area contributed by atoms with Gasteiger partial charge >= 0.3 is 0 Å². The molecule has 1 aromatic carbocycles. The Labute approximate surface area is 86.3 Å². The van der Waals surface area contributed by atoms with Gasteiger partial charge in [0.05, 0.1) is 6.61 Å². The molecule has 0 amide bonds. The van der Waals surface area contributed by atoms with E-state index >= 15 is 0 Å². The number of halogens is 1. The van der Waals surface area contributed by atoms with E-state index in [9.17, 15) is 0 Å². The Balaban J connectivity index is 3.01. The topological polar surface area (TPSA) is 40.5 Å². The molecule has 13 heavy (non-hydrogen) atoms. The second-order valence-electron chi connectivity index (χ2n) is 2.93. The second kappa shape index (κ2) is 4.74. The van der Waals surface area contributed by atoms with Gasteiger partial charge in [-0.2, -0.15) is 0 Å². The predicted molar refractivity (Wildman–Crippen MR) is 55.2 cm³/mol. The van der Waals surface area contributed by atoms with E-state index in [2.05, 4.69) is 22.9 Å². The summed E-state index contributed by atoms with van der Waals surface area (Å²) < 4.78 is 0.899. The van der Waals surface area contributed by atoms with Crippen LogP contribution in [-0.4, -0.2) is 16.8 Å². The first-order chi connectivity index (χ1) is 6.17. The molecule has 1 atom stereocenters. The van der Waals surface area contributed by atoms with Gasteiger partial charge < -0.3 is 10.2 Å². The van der Waals surface area contributed by atoms with Gasteiger partial charge in [0.15, 0.2) is 0 Å². The highest BCUT2D eigenvalue weighted by molar-refractivity contribution is 9.10. The van der Waals surface area contributed by atoms with Crippen LogP contribution in [0.5, 0.6) is 0 Å². The third kappa shape index (κ3) is 2.79. The Hall–Kier alpha value is -0.380. The van der Waals surface area contributed by atoms with Crippen molar-refractivity contribution >= 4 is 15.9 Å². The van der Waals surface area contributed by atoms with Crippen LogP contribution in [0.25, 0.3) is 0 Å². The molecule has 0 aliphatic carbocycles. The van der Waals surface area contributed by atoms with Gasteiger partial charge in [0, 0.05) is 17.0 Å². The molecule has 2 N–H and O–H groups in total. The van der Waals surface area contributed by atoms with Crippen molar-refractivity contribution in [3.63, 3.8) is 0 Å². The third-order valence-electron chi connectivity index (χ3n) is 1.85. The number of aliphatic hydroxyl groups excluding tert-OH is 2. The van der Waals surface area contributed by atoms with Crippen LogP contribution in [-0.2, 0) is 6.61 Å². The Morgan fingerprint density at radius 2 is 2.00 bits per heavy atom. The maximum Gasteiger partial charge on any atom is 0.0682 e. The molecular weight excluding hydrogens is 232 g/mol. The zero-order valence-electron chi connectivity index (χ0n) is 7.20. The maximum absolute atomic E-state index is 8.94. The molecule has 0 saturated heterocycles. The molecule has 0 heterocycles. The Morgan fingerprint density at radius 1 is 1.31 bits per heavy atom. The molecule has 71 valence electrons. The summed E-state index contributed by atoms with van der Waals surface area (Å²) in [4.78, 5) is 0. The predicted octanol–water partition coefficient (Wildman–Crippen LogP) is 1.85. The summed E-state index contributed by atoms with van der Waals surface area (Å²) in [6.45, 7) is 3.81. The Kier molecular flexibility index (Phi) is 3.90. The Bertz CT molecular complexity index is 286. The van der Waals surface area contributed by atoms with Crippen LogP contribution in [0.15, 0.2) is 22.7 Å². The summed E-state index contributed by atoms with van der Waals surface area (Å²) in [6.07, 6.45) is 0. The van der Waals surface area contributed by atoms with E-state index < -0.39 is 0 Å². The fraction of sp³-hybridized carbons (Fsp3) is 0.300. The van der Waals surface area contributed by atoms with E-state index in [1.807, 2.05) is 18.2 Å². The molecule has 2 nitrogen and oxygen atoms in total. The highest BCUT2D eigenvalue weighted by Gasteiger charge is 2.05. The van der Waals surface area contributed by atoms with Crippen molar-refractivity contribution < 1.29 is 10.2 Å². The zero-order valence-corrected chi connectivity index (χ0v) is 8.79. The highest BCUT2D eigenvalue weighted by Crippen LogP contribution is 2.21. The van der Waals surface area contributed by atoms with Crippen molar-refractivity contribution in [1.29, 1.82) is 0 Å². The van der Waals surface area contributed by atoms with Gasteiger partial charge in [0.1, 0.15) is 0 Å². The molecule has 0 spiro atoms. The first-order valence-electron chi connectivity index (χ1n) is 4.01. The normalized spacial score (nSPS) is 12.9. The molecule has 3 heteroatoms. The first-order valence-corrected chi connectivity index (χ1v) is 4.81. The van der Waals surface area contributed by atoms with E-state index in [0.717, 1.165) is 15.6 Å². The number of aliphatic hydroxyl groups is 2. The van der Waals surface area contributed by atoms with Crippen molar-refractivity contribution in [1.82, 2.24) is 0 Å². The second-order valence-corrected chi connectivity index (χ2v) is 3.85. The molecule has 0 fully saturated rings. The molecular formula is C10H12BrO2. The van der Waals surface area contributed by atoms with E-state index in [4.69, 9.17) is 10.2 Å². The van der Waals surface area contributed by atoms with Crippen LogP contribution in [0.1, 0.15) is 17.0 Å². The molecule has 1 aromatic rings. The summed E-state index contributed by atoms with van der Waals surface area (Å²) in [5.41, 5.74) is 1.76. The van der Waals surface area contributed by atoms with E-state index in [0.29, 0.717) is 0 Å². The van der Waals surface area contributed by atoms with E-state index in [1.54, 1.807) is 0 Å². The van der Waals surface area contributed by atoms with Gasteiger partial charge in [0.25, 0.3) is 0 Å². The minimum absolute atomic E-state index is 0.00455. The minimum Gasteiger partial charge on any atom is -0.396 e. The molecule has 1 unspecified atom stereocenters. The number of rotatable bonds is 3. The van der Waals surface area contributed by atoms with Gasteiger partial charge in [-0.25, -0.2) is 0 Å². The molecule has 0 aliphatic rings. The van der Waals surface area contributed by atoms with Gasteiger partial charge in [-0.1, -0.05) is 22.0 Å². The SMILES string of the molecule is [CH2]C(CO)c1cc(Br)cc(CO)c1. The average molecular weight is 244 g/mol. The summed E-state index contributed by atoms with van der Waals surface area (Å²) in [6, 6.07) is 5.58. The fourth-order valence-electron chi connectivity index (χ4n) is 1.11. The molecule has 0 aliphatic heterocycles. The lowest BCUT2D eigenvalue weighted by Gasteiger charge is -2.10. The van der Waals surface area contributed by atoms with Crippen LogP contribution in [0.4, 0.5) is 0 Å². The number of hydrogen-bond donors (Lipinski definition) is 2. The highest BCUT2D eigenvalue weighted by atomic mass is 79.9. The summed E-state index contributed by atoms with van der Waals surface area (Å²) in [5.74, 6) is -0.136. The van der Waals surface area contributed by atoms with Crippen molar-refractivity contribution in [3.8, 4) is 0 Å². The number of benzene rings is 1. The van der Waals surface area contributed by atoms with Gasteiger partial charge in [-0.05, 0) is 30.2 Å². The lowest BCUT2D eigenvalue weighted by Crippen LogP contribution is -2.00. The van der Waals surface area contributed by atoms with Gasteiger partial charge in [-0.15, -0.1) is 0 Å². The number of hydrogen-bond acceptors (Lipinski definition) is 2. The summed E-state index contributed by atoms with van der Waals surface area (Å²) >= 11 is 3.33. The largest absolute Gasteiger partial charge is 0.396 e. The smallest absolute Gasteiger partial charge is 0.0682 e. The van der Waals surface area contributed by atoms with E-state index in [-0.39, 0.29) is 19.1 Å². The van der Waals surface area contributed by atoms with Crippen LogP contribution < -0.4 is 0 Å². The Morgan fingerprint density at radius 3 is 2.54 bits per heavy atom. The molecule has 0 bridgehead atoms. The summed E-state index contributed by atoms with van der Waals surface area (Å²) in [5, 5.41) is 17.8. The summed E-state index contributed by atoms with van der Waals surface area (Å²) in [7, 11) is 0. The maximum atomic E-state index is 8.94. The van der Waals surface area contributed by atoms with Crippen molar-refractivity contribution in [3.05, 3.63) is 40.7 Å². The van der Waals surface area contributed by atoms with Gasteiger partial charge in [0.2, 0.25) is 0 Å². The zero-order chi connectivity index (χ0) is 9.84. The molecule has 0 aromatic heterocycles. The lowest BCUT2D eigenvalue weighted by molar-refractivity contribution is 0.278. The van der Waals surface area contributed by atoms with Gasteiger partial charge in [-0.3, -0.25) is 0 Å². The third-order valence-corrected chi connectivity index (χ3v) is 2.31. The monoisotopic (exact) mass is 243 g/mol. The van der Waals surface area contributed by atoms with E-state index in [1.165, 1.54) is 0 Å². The fourth-order valence-corrected chi connectivity index (χ4v) is 1.67. The molecule has 1 radical (unpaired) electrons. The quantitative estimate of drug-likeness (QED) is 0.851. The van der Waals surface area contributed by atoms with Crippen molar-refractivity contribution in [2.45, 2.75) is 12.5 Å².